The lowest BCUT2D eigenvalue weighted by Crippen LogP contribution is -2.44. The van der Waals surface area contributed by atoms with E-state index in [2.05, 4.69) is 0 Å². The lowest BCUT2D eigenvalue weighted by molar-refractivity contribution is -0.153. The van der Waals surface area contributed by atoms with Crippen molar-refractivity contribution in [2.75, 3.05) is 0 Å². The molecule has 0 spiro atoms. The normalized spacial score (nSPS) is 10.5. The third-order valence-electron chi connectivity index (χ3n) is 5.62. The van der Waals surface area contributed by atoms with Crippen LogP contribution < -0.4 is 0 Å². The zero-order valence-corrected chi connectivity index (χ0v) is 19.1. The zero-order chi connectivity index (χ0) is 23.6. The Kier molecular flexibility index (Phi) is 7.86. The van der Waals surface area contributed by atoms with Gasteiger partial charge >= 0.3 is 11.8 Å². The number of hydrogen-bond acceptors (Lipinski definition) is 2. The first kappa shape index (κ1) is 23.0. The van der Waals surface area contributed by atoms with Crippen LogP contribution in [0.5, 0.6) is 0 Å². The van der Waals surface area contributed by atoms with Gasteiger partial charge in [0, 0.05) is 26.2 Å². The second kappa shape index (κ2) is 11.6. The Morgan fingerprint density at radius 1 is 0.382 bits per heavy atom. The largest absolute Gasteiger partial charge is 0.326 e. The van der Waals surface area contributed by atoms with E-state index in [9.17, 15) is 9.59 Å². The fourth-order valence-corrected chi connectivity index (χ4v) is 3.88. The van der Waals surface area contributed by atoms with Crippen molar-refractivity contribution in [1.29, 1.82) is 0 Å². The molecule has 34 heavy (non-hydrogen) atoms. The minimum atomic E-state index is -0.500. The van der Waals surface area contributed by atoms with Gasteiger partial charge in [-0.15, -0.1) is 0 Å². The van der Waals surface area contributed by atoms with E-state index in [-0.39, 0.29) is 0 Å². The van der Waals surface area contributed by atoms with Crippen molar-refractivity contribution in [3.8, 4) is 0 Å². The fraction of sp³-hybridized carbons (Fsp3) is 0.133. The summed E-state index contributed by atoms with van der Waals surface area (Å²) in [6.45, 7) is 1.46. The Hall–Kier alpha value is -4.18. The maximum atomic E-state index is 13.6. The summed E-state index contributed by atoms with van der Waals surface area (Å²) in [7, 11) is 0. The van der Waals surface area contributed by atoms with E-state index < -0.39 is 11.8 Å². The number of amides is 2. The molecule has 4 rings (SSSR count). The van der Waals surface area contributed by atoms with E-state index in [0.717, 1.165) is 22.3 Å². The zero-order valence-electron chi connectivity index (χ0n) is 19.1. The van der Waals surface area contributed by atoms with E-state index in [1.807, 2.05) is 121 Å². The van der Waals surface area contributed by atoms with Crippen molar-refractivity contribution in [3.05, 3.63) is 144 Å². The van der Waals surface area contributed by atoms with E-state index in [4.69, 9.17) is 0 Å². The first-order chi connectivity index (χ1) is 16.7. The minimum absolute atomic E-state index is 0.366. The third kappa shape index (κ3) is 6.42. The maximum Gasteiger partial charge on any atom is 0.312 e. The Morgan fingerprint density at radius 2 is 0.588 bits per heavy atom. The Labute approximate surface area is 201 Å². The van der Waals surface area contributed by atoms with Crippen LogP contribution in [0.3, 0.4) is 0 Å². The second-order valence-corrected chi connectivity index (χ2v) is 8.26. The van der Waals surface area contributed by atoms with Gasteiger partial charge in [-0.3, -0.25) is 9.59 Å². The van der Waals surface area contributed by atoms with Gasteiger partial charge in [-0.05, 0) is 22.3 Å². The smallest absolute Gasteiger partial charge is 0.312 e. The van der Waals surface area contributed by atoms with Gasteiger partial charge in [0.2, 0.25) is 0 Å². The highest BCUT2D eigenvalue weighted by molar-refractivity contribution is 6.34. The van der Waals surface area contributed by atoms with Gasteiger partial charge in [0.25, 0.3) is 0 Å². The Morgan fingerprint density at radius 3 is 0.794 bits per heavy atom. The van der Waals surface area contributed by atoms with Crippen LogP contribution in [0.4, 0.5) is 0 Å². The second-order valence-electron chi connectivity index (χ2n) is 8.26. The standard InChI is InChI=1S/C30H28N2O2/c33-29(31(21-25-13-5-1-6-14-25)22-26-15-7-2-8-16-26)30(34)32(23-27-17-9-3-10-18-27)24-28-19-11-4-12-20-28/h1-20H,21-24H2. The molecule has 0 aliphatic carbocycles. The van der Waals surface area contributed by atoms with Crippen LogP contribution in [0.1, 0.15) is 22.3 Å². The molecule has 4 heteroatoms. The Bertz CT molecular complexity index is 1000. The van der Waals surface area contributed by atoms with Gasteiger partial charge in [-0.1, -0.05) is 121 Å². The van der Waals surface area contributed by atoms with Crippen LogP contribution in [0.15, 0.2) is 121 Å². The summed E-state index contributed by atoms with van der Waals surface area (Å²) >= 11 is 0. The molecule has 4 aromatic rings. The summed E-state index contributed by atoms with van der Waals surface area (Å²) in [6.07, 6.45) is 0. The summed E-state index contributed by atoms with van der Waals surface area (Å²) in [5.41, 5.74) is 3.93. The highest BCUT2D eigenvalue weighted by atomic mass is 16.2. The quantitative estimate of drug-likeness (QED) is 0.337. The number of benzene rings is 4. The molecule has 0 atom stereocenters. The van der Waals surface area contributed by atoms with E-state index in [1.165, 1.54) is 0 Å². The lowest BCUT2D eigenvalue weighted by Gasteiger charge is -2.28. The van der Waals surface area contributed by atoms with Crippen LogP contribution in [-0.4, -0.2) is 21.6 Å². The monoisotopic (exact) mass is 448 g/mol. The maximum absolute atomic E-state index is 13.6. The number of hydrogen-bond donors (Lipinski definition) is 0. The molecule has 0 aromatic heterocycles. The van der Waals surface area contributed by atoms with Crippen LogP contribution >= 0.6 is 0 Å². The van der Waals surface area contributed by atoms with Crippen molar-refractivity contribution in [1.82, 2.24) is 9.80 Å². The van der Waals surface area contributed by atoms with Gasteiger partial charge in [-0.2, -0.15) is 0 Å². The predicted molar refractivity (Wildman–Crippen MR) is 134 cm³/mol. The molecule has 0 saturated carbocycles. The highest BCUT2D eigenvalue weighted by Crippen LogP contribution is 2.15. The van der Waals surface area contributed by atoms with Crippen molar-refractivity contribution >= 4 is 11.8 Å². The van der Waals surface area contributed by atoms with Crippen LogP contribution in [0, 0.1) is 0 Å². The van der Waals surface area contributed by atoms with Crippen molar-refractivity contribution in [2.24, 2.45) is 0 Å². The number of carbonyl (C=O) groups excluding carboxylic acids is 2. The Balaban J connectivity index is 1.59. The molecule has 0 aliphatic rings. The first-order valence-corrected chi connectivity index (χ1v) is 11.4. The molecule has 0 N–H and O–H groups in total. The van der Waals surface area contributed by atoms with Crippen LogP contribution in [-0.2, 0) is 35.8 Å². The van der Waals surface area contributed by atoms with Gasteiger partial charge in [0.05, 0.1) is 0 Å². The van der Waals surface area contributed by atoms with Gasteiger partial charge in [-0.25, -0.2) is 0 Å². The van der Waals surface area contributed by atoms with Crippen molar-refractivity contribution < 1.29 is 9.59 Å². The van der Waals surface area contributed by atoms with Crippen molar-refractivity contribution in [2.45, 2.75) is 26.2 Å². The molecule has 0 saturated heterocycles. The summed E-state index contributed by atoms with van der Waals surface area (Å²) in [5.74, 6) is -1.00. The minimum Gasteiger partial charge on any atom is -0.326 e. The summed E-state index contributed by atoms with van der Waals surface area (Å²) < 4.78 is 0. The fourth-order valence-electron chi connectivity index (χ4n) is 3.88. The molecule has 170 valence electrons. The number of carbonyl (C=O) groups is 2. The molecule has 4 aromatic carbocycles. The molecule has 0 unspecified atom stereocenters. The van der Waals surface area contributed by atoms with E-state index in [0.29, 0.717) is 26.2 Å². The number of nitrogens with zero attached hydrogens (tertiary/aromatic N) is 2. The molecule has 0 radical (unpaired) electrons. The SMILES string of the molecule is O=C(C(=O)N(Cc1ccccc1)Cc1ccccc1)N(Cc1ccccc1)Cc1ccccc1. The molecule has 4 nitrogen and oxygen atoms in total. The van der Waals surface area contributed by atoms with Crippen molar-refractivity contribution in [3.63, 3.8) is 0 Å². The molecule has 2 amide bonds. The summed E-state index contributed by atoms with van der Waals surface area (Å²) in [4.78, 5) is 30.5. The van der Waals surface area contributed by atoms with Gasteiger partial charge < -0.3 is 9.80 Å². The molecular formula is C30H28N2O2. The lowest BCUT2D eigenvalue weighted by atomic mass is 10.1. The first-order valence-electron chi connectivity index (χ1n) is 11.4. The molecule has 0 bridgehead atoms. The highest BCUT2D eigenvalue weighted by Gasteiger charge is 2.28. The van der Waals surface area contributed by atoms with Gasteiger partial charge in [0.15, 0.2) is 0 Å². The molecule has 0 fully saturated rings. The molecule has 0 aliphatic heterocycles. The van der Waals surface area contributed by atoms with E-state index in [1.54, 1.807) is 9.80 Å². The molecular weight excluding hydrogens is 420 g/mol. The van der Waals surface area contributed by atoms with E-state index >= 15 is 0 Å². The van der Waals surface area contributed by atoms with Gasteiger partial charge in [0.1, 0.15) is 0 Å². The average Bonchev–Trinajstić information content (AvgIpc) is 2.89. The third-order valence-corrected chi connectivity index (χ3v) is 5.62. The summed E-state index contributed by atoms with van der Waals surface area (Å²) in [6, 6.07) is 39.1. The number of rotatable bonds is 8. The molecule has 0 heterocycles. The topological polar surface area (TPSA) is 40.6 Å². The summed E-state index contributed by atoms with van der Waals surface area (Å²) in [5, 5.41) is 0. The predicted octanol–water partition coefficient (Wildman–Crippen LogP) is 5.44. The van der Waals surface area contributed by atoms with Crippen LogP contribution in [0.2, 0.25) is 0 Å². The average molecular weight is 449 g/mol. The van der Waals surface area contributed by atoms with Crippen LogP contribution in [0.25, 0.3) is 0 Å².